The predicted octanol–water partition coefficient (Wildman–Crippen LogP) is 2.57. The van der Waals surface area contributed by atoms with Gasteiger partial charge in [-0.1, -0.05) is 0 Å². The van der Waals surface area contributed by atoms with Gasteiger partial charge in [0.25, 0.3) is 11.8 Å². The average Bonchev–Trinajstić information content (AvgIpc) is 2.20. The highest BCUT2D eigenvalue weighted by molar-refractivity contribution is 5.00. The van der Waals surface area contributed by atoms with Crippen molar-refractivity contribution in [2.24, 2.45) is 0 Å². The van der Waals surface area contributed by atoms with E-state index < -0.39 is 62.3 Å². The molecular weight excluding hydrogens is 300 g/mol. The van der Waals surface area contributed by atoms with Crippen molar-refractivity contribution in [3.8, 4) is 0 Å². The van der Waals surface area contributed by atoms with E-state index in [0.717, 1.165) is 0 Å². The molecule has 0 N–H and O–H groups in total. The van der Waals surface area contributed by atoms with Gasteiger partial charge in [-0.05, 0) is 0 Å². The van der Waals surface area contributed by atoms with Crippen LogP contribution in [0, 0.1) is 0 Å². The minimum Gasteiger partial charge on any atom is -0.275 e. The van der Waals surface area contributed by atoms with Crippen LogP contribution < -0.4 is 5.32 Å². The van der Waals surface area contributed by atoms with Gasteiger partial charge >= 0.3 is 11.8 Å². The lowest BCUT2D eigenvalue weighted by Crippen LogP contribution is -2.66. The standard InChI is InChI=1S/C10H11F8N2/c11-7(12)3-8(13,14)6(19-4-7)20-2-1-9(15,16)10(17,18)5-20/h6H,1-5H2. The second-order valence-corrected chi connectivity index (χ2v) is 5.14. The molecule has 0 bridgehead atoms. The van der Waals surface area contributed by atoms with Crippen molar-refractivity contribution in [1.29, 1.82) is 0 Å². The van der Waals surface area contributed by atoms with E-state index in [1.165, 1.54) is 0 Å². The molecule has 0 aromatic carbocycles. The Labute approximate surface area is 109 Å². The number of alkyl halides is 8. The van der Waals surface area contributed by atoms with Crippen molar-refractivity contribution in [2.75, 3.05) is 19.6 Å². The maximum atomic E-state index is 13.5. The van der Waals surface area contributed by atoms with Gasteiger partial charge in [-0.25, -0.2) is 22.9 Å². The van der Waals surface area contributed by atoms with E-state index in [2.05, 4.69) is 5.32 Å². The van der Waals surface area contributed by atoms with Crippen LogP contribution in [0.25, 0.3) is 0 Å². The van der Waals surface area contributed by atoms with Crippen LogP contribution >= 0.6 is 0 Å². The van der Waals surface area contributed by atoms with E-state index in [1.807, 2.05) is 0 Å². The van der Waals surface area contributed by atoms with Crippen LogP contribution in [0.2, 0.25) is 0 Å². The Balaban J connectivity index is 2.14. The molecule has 0 saturated carbocycles. The predicted molar refractivity (Wildman–Crippen MR) is 51.4 cm³/mol. The van der Waals surface area contributed by atoms with Gasteiger partial charge in [-0.15, -0.1) is 0 Å². The molecule has 0 aromatic heterocycles. The Bertz CT molecular complexity index is 383. The van der Waals surface area contributed by atoms with Gasteiger partial charge in [0.05, 0.1) is 19.5 Å². The van der Waals surface area contributed by atoms with Crippen molar-refractivity contribution in [1.82, 2.24) is 10.2 Å². The minimum absolute atomic E-state index is 0.354. The largest absolute Gasteiger partial charge is 0.322 e. The average molecular weight is 311 g/mol. The summed E-state index contributed by atoms with van der Waals surface area (Å²) in [5, 5.41) is 3.02. The van der Waals surface area contributed by atoms with Crippen LogP contribution in [-0.2, 0) is 0 Å². The summed E-state index contributed by atoms with van der Waals surface area (Å²) in [5.41, 5.74) is 0. The molecule has 2 rings (SSSR count). The quantitative estimate of drug-likeness (QED) is 0.680. The van der Waals surface area contributed by atoms with E-state index in [-0.39, 0.29) is 0 Å². The van der Waals surface area contributed by atoms with Crippen molar-refractivity contribution >= 4 is 0 Å². The summed E-state index contributed by atoms with van der Waals surface area (Å²) in [6.07, 6.45) is -5.37. The monoisotopic (exact) mass is 311 g/mol. The van der Waals surface area contributed by atoms with Crippen molar-refractivity contribution in [2.45, 2.75) is 42.7 Å². The molecule has 0 aliphatic carbocycles. The molecule has 0 spiro atoms. The number of hydrogen-bond acceptors (Lipinski definition) is 1. The molecule has 20 heavy (non-hydrogen) atoms. The van der Waals surface area contributed by atoms with Gasteiger partial charge in [0.1, 0.15) is 6.17 Å². The number of halogens is 8. The third-order valence-corrected chi connectivity index (χ3v) is 3.36. The summed E-state index contributed by atoms with van der Waals surface area (Å²) in [7, 11) is 0. The maximum Gasteiger partial charge on any atom is 0.322 e. The minimum atomic E-state index is -4.49. The number of hydrogen-bond donors (Lipinski definition) is 0. The Morgan fingerprint density at radius 1 is 0.900 bits per heavy atom. The molecule has 1 atom stereocenters. The third-order valence-electron chi connectivity index (χ3n) is 3.36. The molecular formula is C10H11F8N2. The summed E-state index contributed by atoms with van der Waals surface area (Å²) >= 11 is 0. The first kappa shape index (κ1) is 15.7. The van der Waals surface area contributed by atoms with Gasteiger partial charge in [0, 0.05) is 13.0 Å². The molecule has 2 heterocycles. The lowest BCUT2D eigenvalue weighted by Gasteiger charge is -2.46. The van der Waals surface area contributed by atoms with Crippen molar-refractivity contribution in [3.05, 3.63) is 0 Å². The number of rotatable bonds is 1. The first-order chi connectivity index (χ1) is 8.86. The van der Waals surface area contributed by atoms with E-state index >= 15 is 0 Å². The normalized spacial score (nSPS) is 35.7. The Morgan fingerprint density at radius 2 is 1.50 bits per heavy atom. The van der Waals surface area contributed by atoms with Crippen LogP contribution in [0.15, 0.2) is 0 Å². The van der Waals surface area contributed by atoms with E-state index in [9.17, 15) is 35.1 Å². The summed E-state index contributed by atoms with van der Waals surface area (Å²) in [5.74, 6) is -16.5. The number of piperidine rings is 2. The lowest BCUT2D eigenvalue weighted by molar-refractivity contribution is -0.263. The van der Waals surface area contributed by atoms with Crippen LogP contribution in [0.1, 0.15) is 12.8 Å². The fourth-order valence-corrected chi connectivity index (χ4v) is 2.35. The number of likely N-dealkylation sites (tertiary alicyclic amines) is 1. The van der Waals surface area contributed by atoms with E-state index in [4.69, 9.17) is 0 Å². The molecule has 2 nitrogen and oxygen atoms in total. The first-order valence-electron chi connectivity index (χ1n) is 5.78. The van der Waals surface area contributed by atoms with E-state index in [1.54, 1.807) is 0 Å². The fraction of sp³-hybridized carbons (Fsp3) is 1.00. The van der Waals surface area contributed by atoms with Gasteiger partial charge < -0.3 is 0 Å². The van der Waals surface area contributed by atoms with Gasteiger partial charge in [0.15, 0.2) is 0 Å². The molecule has 0 amide bonds. The molecule has 2 fully saturated rings. The topological polar surface area (TPSA) is 17.3 Å². The van der Waals surface area contributed by atoms with Crippen LogP contribution in [0.3, 0.4) is 0 Å². The van der Waals surface area contributed by atoms with Crippen LogP contribution in [-0.4, -0.2) is 54.4 Å². The molecule has 117 valence electrons. The molecule has 2 aliphatic rings. The highest BCUT2D eigenvalue weighted by Gasteiger charge is 2.63. The smallest absolute Gasteiger partial charge is 0.275 e. The summed E-state index contributed by atoms with van der Waals surface area (Å²) in [4.78, 5) is 0.354. The van der Waals surface area contributed by atoms with E-state index in [0.29, 0.717) is 4.90 Å². The Kier molecular flexibility index (Phi) is 3.48. The summed E-state index contributed by atoms with van der Waals surface area (Å²) in [6.45, 7) is -3.61. The second kappa shape index (κ2) is 4.43. The molecule has 1 radical (unpaired) electrons. The zero-order valence-corrected chi connectivity index (χ0v) is 10.0. The molecule has 1 unspecified atom stereocenters. The molecule has 10 heteroatoms. The molecule has 0 aromatic rings. The van der Waals surface area contributed by atoms with Crippen molar-refractivity contribution < 1.29 is 35.1 Å². The highest BCUT2D eigenvalue weighted by atomic mass is 19.3. The second-order valence-electron chi connectivity index (χ2n) is 5.14. The maximum absolute atomic E-state index is 13.5. The Hall–Kier alpha value is -0.640. The SMILES string of the molecule is FC1(F)C[N]C(N2CCC(F)(F)C(F)(F)C2)C(F)(F)C1. The van der Waals surface area contributed by atoms with Gasteiger partial charge in [-0.2, -0.15) is 17.6 Å². The van der Waals surface area contributed by atoms with Crippen molar-refractivity contribution in [3.63, 3.8) is 0 Å². The molecule has 2 saturated heterocycles. The summed E-state index contributed by atoms with van der Waals surface area (Å²) < 4.78 is 105. The number of nitrogens with zero attached hydrogens (tertiary/aromatic N) is 2. The first-order valence-corrected chi connectivity index (χ1v) is 5.78. The van der Waals surface area contributed by atoms with Gasteiger partial charge in [-0.3, -0.25) is 4.90 Å². The Morgan fingerprint density at radius 3 is 2.00 bits per heavy atom. The lowest BCUT2D eigenvalue weighted by atomic mass is 9.97. The third kappa shape index (κ3) is 2.72. The molecule has 2 aliphatic heterocycles. The van der Waals surface area contributed by atoms with Crippen LogP contribution in [0.4, 0.5) is 35.1 Å². The summed E-state index contributed by atoms with van der Waals surface area (Å²) in [6, 6.07) is 0. The van der Waals surface area contributed by atoms with Gasteiger partial charge in [0.2, 0.25) is 0 Å². The fourth-order valence-electron chi connectivity index (χ4n) is 2.35. The zero-order chi connectivity index (χ0) is 15.4. The highest BCUT2D eigenvalue weighted by Crippen LogP contribution is 2.44. The van der Waals surface area contributed by atoms with Crippen LogP contribution in [0.5, 0.6) is 0 Å². The zero-order valence-electron chi connectivity index (χ0n) is 10.0.